The Bertz CT molecular complexity index is 441. The second kappa shape index (κ2) is 8.83. The maximum atomic E-state index is 13.7. The first kappa shape index (κ1) is 17.8. The first-order valence-electron chi connectivity index (χ1n) is 5.26. The SMILES string of the molecule is COC(CO)CC(F)n1cc(F)c(N)nc1=O.CS. The van der Waals surface area contributed by atoms with Gasteiger partial charge in [0.1, 0.15) is 0 Å². The Morgan fingerprint density at radius 1 is 1.63 bits per heavy atom. The van der Waals surface area contributed by atoms with Crippen molar-refractivity contribution in [2.75, 3.05) is 25.7 Å². The summed E-state index contributed by atoms with van der Waals surface area (Å²) in [4.78, 5) is 14.4. The molecule has 0 aliphatic rings. The number of nitrogens with zero attached hydrogens (tertiary/aromatic N) is 2. The number of anilines is 1. The summed E-state index contributed by atoms with van der Waals surface area (Å²) in [6, 6.07) is 0. The minimum atomic E-state index is -1.85. The fraction of sp³-hybridized carbons (Fsp3) is 0.600. The zero-order chi connectivity index (χ0) is 15.0. The zero-order valence-electron chi connectivity index (χ0n) is 10.6. The summed E-state index contributed by atoms with van der Waals surface area (Å²) >= 11 is 3.53. The van der Waals surface area contributed by atoms with Crippen LogP contribution in [0, 0.1) is 5.82 Å². The number of ether oxygens (including phenoxy) is 1. The van der Waals surface area contributed by atoms with Crippen molar-refractivity contribution >= 4 is 18.4 Å². The fourth-order valence-electron chi connectivity index (χ4n) is 1.23. The van der Waals surface area contributed by atoms with Crippen LogP contribution in [0.4, 0.5) is 14.6 Å². The normalized spacial score (nSPS) is 13.4. The van der Waals surface area contributed by atoms with Crippen molar-refractivity contribution < 1.29 is 18.6 Å². The van der Waals surface area contributed by atoms with Crippen molar-refractivity contribution in [2.24, 2.45) is 0 Å². The summed E-state index contributed by atoms with van der Waals surface area (Å²) in [6.45, 7) is -0.406. The van der Waals surface area contributed by atoms with Gasteiger partial charge in [-0.15, -0.1) is 0 Å². The van der Waals surface area contributed by atoms with E-state index in [4.69, 9.17) is 15.6 Å². The van der Waals surface area contributed by atoms with Crippen molar-refractivity contribution in [2.45, 2.75) is 18.8 Å². The van der Waals surface area contributed by atoms with Crippen LogP contribution in [0.15, 0.2) is 11.0 Å². The molecule has 0 aliphatic carbocycles. The summed E-state index contributed by atoms with van der Waals surface area (Å²) in [5, 5.41) is 8.80. The van der Waals surface area contributed by atoms with Gasteiger partial charge in [-0.2, -0.15) is 17.6 Å². The summed E-state index contributed by atoms with van der Waals surface area (Å²) in [7, 11) is 1.29. The number of rotatable bonds is 5. The number of nitrogens with two attached hydrogens (primary N) is 1. The van der Waals surface area contributed by atoms with Crippen LogP contribution in [-0.2, 0) is 4.74 Å². The van der Waals surface area contributed by atoms with Gasteiger partial charge in [-0.25, -0.2) is 13.6 Å². The third kappa shape index (κ3) is 5.13. The molecule has 19 heavy (non-hydrogen) atoms. The van der Waals surface area contributed by atoms with Gasteiger partial charge in [0.2, 0.25) is 0 Å². The molecule has 110 valence electrons. The molecule has 6 nitrogen and oxygen atoms in total. The first-order chi connectivity index (χ1) is 8.99. The Kier molecular flexibility index (Phi) is 8.28. The van der Waals surface area contributed by atoms with Crippen molar-refractivity contribution in [1.82, 2.24) is 9.55 Å². The number of aliphatic hydroxyl groups is 1. The highest BCUT2D eigenvalue weighted by Gasteiger charge is 2.19. The molecule has 0 spiro atoms. The van der Waals surface area contributed by atoms with E-state index in [0.29, 0.717) is 10.8 Å². The molecule has 1 aromatic rings. The second-order valence-corrected chi connectivity index (χ2v) is 3.37. The minimum Gasteiger partial charge on any atom is -0.394 e. The van der Waals surface area contributed by atoms with Crippen molar-refractivity contribution in [3.63, 3.8) is 0 Å². The summed E-state index contributed by atoms with van der Waals surface area (Å²) in [5.74, 6) is -1.56. The topological polar surface area (TPSA) is 90.4 Å². The van der Waals surface area contributed by atoms with Gasteiger partial charge in [0.15, 0.2) is 17.9 Å². The van der Waals surface area contributed by atoms with Gasteiger partial charge in [-0.3, -0.25) is 4.57 Å². The van der Waals surface area contributed by atoms with Gasteiger partial charge in [0, 0.05) is 13.5 Å². The Morgan fingerprint density at radius 3 is 2.68 bits per heavy atom. The lowest BCUT2D eigenvalue weighted by Gasteiger charge is -2.16. The molecule has 0 saturated heterocycles. The van der Waals surface area contributed by atoms with Gasteiger partial charge >= 0.3 is 5.69 Å². The smallest absolute Gasteiger partial charge is 0.352 e. The number of thiol groups is 1. The van der Waals surface area contributed by atoms with Crippen LogP contribution in [0.1, 0.15) is 12.7 Å². The van der Waals surface area contributed by atoms with E-state index < -0.39 is 36.3 Å². The third-order valence-electron chi connectivity index (χ3n) is 2.23. The van der Waals surface area contributed by atoms with Crippen LogP contribution >= 0.6 is 12.6 Å². The van der Waals surface area contributed by atoms with E-state index in [0.717, 1.165) is 0 Å². The zero-order valence-corrected chi connectivity index (χ0v) is 11.5. The van der Waals surface area contributed by atoms with Crippen LogP contribution in [-0.4, -0.2) is 40.7 Å². The highest BCUT2D eigenvalue weighted by Crippen LogP contribution is 2.16. The van der Waals surface area contributed by atoms with Gasteiger partial charge in [-0.05, 0) is 6.26 Å². The molecule has 0 fully saturated rings. The lowest BCUT2D eigenvalue weighted by molar-refractivity contribution is 0.0134. The van der Waals surface area contributed by atoms with Gasteiger partial charge < -0.3 is 15.6 Å². The number of hydrogen-bond donors (Lipinski definition) is 3. The Morgan fingerprint density at radius 2 is 2.21 bits per heavy atom. The van der Waals surface area contributed by atoms with Crippen LogP contribution in [0.3, 0.4) is 0 Å². The number of hydrogen-bond acceptors (Lipinski definition) is 6. The fourth-order valence-corrected chi connectivity index (χ4v) is 1.23. The maximum Gasteiger partial charge on any atom is 0.352 e. The predicted molar refractivity (Wildman–Crippen MR) is 70.4 cm³/mol. The van der Waals surface area contributed by atoms with Crippen LogP contribution in [0.25, 0.3) is 0 Å². The third-order valence-corrected chi connectivity index (χ3v) is 2.23. The van der Waals surface area contributed by atoms with Gasteiger partial charge in [0.05, 0.1) is 18.9 Å². The molecule has 2 unspecified atom stereocenters. The molecule has 0 aromatic carbocycles. The monoisotopic (exact) mass is 297 g/mol. The molecule has 0 radical (unpaired) electrons. The number of nitrogen functional groups attached to an aromatic ring is 1. The minimum absolute atomic E-state index is 0.294. The van der Waals surface area contributed by atoms with Crippen LogP contribution in [0.2, 0.25) is 0 Å². The van der Waals surface area contributed by atoms with Crippen LogP contribution < -0.4 is 11.4 Å². The standard InChI is InChI=1S/C9H13F2N3O3.CH4S/c1-17-5(4-15)2-7(11)14-3-6(10)8(12)13-9(14)16;1-2/h3,5,7,15H,2,4H2,1H3,(H2,12,13,16);2H,1H3. The molecule has 0 amide bonds. The van der Waals surface area contributed by atoms with E-state index >= 15 is 0 Å². The largest absolute Gasteiger partial charge is 0.394 e. The average Bonchev–Trinajstić information content (AvgIpc) is 2.42. The molecule has 0 bridgehead atoms. The Balaban J connectivity index is 0.00000154. The molecule has 2 atom stereocenters. The molecule has 9 heteroatoms. The van der Waals surface area contributed by atoms with E-state index in [1.165, 1.54) is 7.11 Å². The van der Waals surface area contributed by atoms with Gasteiger partial charge in [0.25, 0.3) is 0 Å². The average molecular weight is 297 g/mol. The maximum absolute atomic E-state index is 13.7. The molecule has 0 saturated carbocycles. The Labute approximate surface area is 114 Å². The molecule has 0 aliphatic heterocycles. The van der Waals surface area contributed by atoms with Crippen molar-refractivity contribution in [3.05, 3.63) is 22.5 Å². The number of methoxy groups -OCH3 is 1. The number of aliphatic hydroxyl groups excluding tert-OH is 1. The summed E-state index contributed by atoms with van der Waals surface area (Å²) < 4.78 is 31.9. The van der Waals surface area contributed by atoms with E-state index in [2.05, 4.69) is 17.6 Å². The van der Waals surface area contributed by atoms with E-state index in [9.17, 15) is 13.6 Å². The summed E-state index contributed by atoms with van der Waals surface area (Å²) in [5.41, 5.74) is 4.06. The van der Waals surface area contributed by atoms with E-state index in [1.54, 1.807) is 6.26 Å². The molecule has 3 N–H and O–H groups in total. The number of alkyl halides is 1. The lowest BCUT2D eigenvalue weighted by Crippen LogP contribution is -2.29. The van der Waals surface area contributed by atoms with Crippen molar-refractivity contribution in [1.29, 1.82) is 0 Å². The number of aromatic nitrogens is 2. The molecular formula is C10H17F2N3O3S. The molecule has 1 rings (SSSR count). The first-order valence-corrected chi connectivity index (χ1v) is 6.15. The predicted octanol–water partition coefficient (Wildman–Crippen LogP) is 0.376. The highest BCUT2D eigenvalue weighted by atomic mass is 32.1. The van der Waals surface area contributed by atoms with Gasteiger partial charge in [-0.1, -0.05) is 0 Å². The Hall–Kier alpha value is -1.19. The van der Waals surface area contributed by atoms with E-state index in [1.807, 2.05) is 0 Å². The van der Waals surface area contributed by atoms with E-state index in [-0.39, 0.29) is 6.42 Å². The molecular weight excluding hydrogens is 280 g/mol. The number of halogens is 2. The molecule has 1 aromatic heterocycles. The van der Waals surface area contributed by atoms with Crippen LogP contribution in [0.5, 0.6) is 0 Å². The molecule has 1 heterocycles. The lowest BCUT2D eigenvalue weighted by atomic mass is 10.2. The second-order valence-electron chi connectivity index (χ2n) is 3.37. The quantitative estimate of drug-likeness (QED) is 0.683. The highest BCUT2D eigenvalue weighted by molar-refractivity contribution is 7.79. The summed E-state index contributed by atoms with van der Waals surface area (Å²) in [6.07, 6.45) is -0.586. The van der Waals surface area contributed by atoms with Crippen molar-refractivity contribution in [3.8, 4) is 0 Å².